The lowest BCUT2D eigenvalue weighted by molar-refractivity contribution is -0.114. The Kier molecular flexibility index (Phi) is 8.48. The Hall–Kier alpha value is -3.85. The minimum atomic E-state index is -3.75. The van der Waals surface area contributed by atoms with E-state index in [0.29, 0.717) is 34.9 Å². The third kappa shape index (κ3) is 7.07. The van der Waals surface area contributed by atoms with E-state index in [1.807, 2.05) is 30.3 Å². The summed E-state index contributed by atoms with van der Waals surface area (Å²) in [4.78, 5) is 24.9. The highest BCUT2D eigenvalue weighted by atomic mass is 32.2. The molecule has 0 atom stereocenters. The van der Waals surface area contributed by atoms with Gasteiger partial charge in [-0.15, -0.1) is 0 Å². The van der Waals surface area contributed by atoms with Crippen molar-refractivity contribution >= 4 is 33.3 Å². The van der Waals surface area contributed by atoms with Gasteiger partial charge in [0.25, 0.3) is 0 Å². The number of hydrogen-bond donors (Lipinski definition) is 1. The number of anilines is 2. The van der Waals surface area contributed by atoms with Crippen molar-refractivity contribution in [1.82, 2.24) is 0 Å². The van der Waals surface area contributed by atoms with Crippen LogP contribution in [0.15, 0.2) is 72.8 Å². The number of nitrogens with one attached hydrogen (secondary N) is 1. The minimum Gasteiger partial charge on any atom is -0.489 e. The van der Waals surface area contributed by atoms with Gasteiger partial charge in [0.15, 0.2) is 0 Å². The standard InChI is InChI=1S/C26H28N2O6S/c1-4-33-26(30)23-11-8-12-24(19(23)2)27-25(29)17-28(35(3,31)32)21-13-15-22(16-14-21)34-18-20-9-6-5-7-10-20/h5-16H,4,17-18H2,1-3H3,(H,27,29). The molecule has 0 saturated carbocycles. The van der Waals surface area contributed by atoms with Crippen LogP contribution in [0.1, 0.15) is 28.4 Å². The first-order valence-electron chi connectivity index (χ1n) is 11.0. The topological polar surface area (TPSA) is 102 Å². The van der Waals surface area contributed by atoms with Gasteiger partial charge in [-0.3, -0.25) is 9.10 Å². The van der Waals surface area contributed by atoms with Crippen molar-refractivity contribution in [3.05, 3.63) is 89.5 Å². The second kappa shape index (κ2) is 11.5. The lowest BCUT2D eigenvalue weighted by atomic mass is 10.1. The number of esters is 1. The van der Waals surface area contributed by atoms with Gasteiger partial charge >= 0.3 is 5.97 Å². The van der Waals surface area contributed by atoms with Crippen molar-refractivity contribution in [3.63, 3.8) is 0 Å². The summed E-state index contributed by atoms with van der Waals surface area (Å²) in [6.45, 7) is 3.56. The Morgan fingerprint density at radius 3 is 2.26 bits per heavy atom. The van der Waals surface area contributed by atoms with E-state index in [2.05, 4.69) is 5.32 Å². The average Bonchev–Trinajstić information content (AvgIpc) is 2.83. The van der Waals surface area contributed by atoms with Crippen LogP contribution < -0.4 is 14.4 Å². The number of carbonyl (C=O) groups is 2. The fourth-order valence-electron chi connectivity index (χ4n) is 3.37. The fraction of sp³-hybridized carbons (Fsp3) is 0.231. The molecule has 3 rings (SSSR count). The number of carbonyl (C=O) groups excluding carboxylic acids is 2. The van der Waals surface area contributed by atoms with Gasteiger partial charge in [-0.1, -0.05) is 36.4 Å². The van der Waals surface area contributed by atoms with Gasteiger partial charge in [0.05, 0.1) is 24.1 Å². The molecule has 0 aliphatic heterocycles. The first kappa shape index (κ1) is 25.8. The average molecular weight is 497 g/mol. The molecule has 0 saturated heterocycles. The maximum Gasteiger partial charge on any atom is 0.338 e. The molecule has 0 bridgehead atoms. The largest absolute Gasteiger partial charge is 0.489 e. The number of hydrogen-bond acceptors (Lipinski definition) is 6. The zero-order chi connectivity index (χ0) is 25.4. The van der Waals surface area contributed by atoms with Crippen molar-refractivity contribution in [1.29, 1.82) is 0 Å². The molecule has 0 unspecified atom stereocenters. The van der Waals surface area contributed by atoms with Crippen molar-refractivity contribution in [2.24, 2.45) is 0 Å². The summed E-state index contributed by atoms with van der Waals surface area (Å²) in [7, 11) is -3.75. The van der Waals surface area contributed by atoms with E-state index < -0.39 is 28.4 Å². The third-order valence-corrected chi connectivity index (χ3v) is 6.30. The molecule has 184 valence electrons. The molecule has 8 nitrogen and oxygen atoms in total. The summed E-state index contributed by atoms with van der Waals surface area (Å²) in [6.07, 6.45) is 1.03. The quantitative estimate of drug-likeness (QED) is 0.423. The number of benzene rings is 3. The summed E-state index contributed by atoms with van der Waals surface area (Å²) in [5.74, 6) is -0.473. The number of rotatable bonds is 10. The molecule has 1 amide bonds. The van der Waals surface area contributed by atoms with E-state index in [0.717, 1.165) is 16.1 Å². The molecule has 1 N–H and O–H groups in total. The molecule has 0 aromatic heterocycles. The van der Waals surface area contributed by atoms with Gasteiger partial charge in [-0.25, -0.2) is 13.2 Å². The predicted octanol–water partition coefficient (Wildman–Crippen LogP) is 4.16. The van der Waals surface area contributed by atoms with Crippen molar-refractivity contribution < 1.29 is 27.5 Å². The molecule has 0 spiro atoms. The summed E-state index contributed by atoms with van der Waals surface area (Å²) in [6, 6.07) is 21.0. The molecule has 3 aromatic carbocycles. The van der Waals surface area contributed by atoms with Crippen LogP contribution in [-0.4, -0.2) is 39.7 Å². The first-order valence-corrected chi connectivity index (χ1v) is 12.8. The van der Waals surface area contributed by atoms with Crippen LogP contribution in [-0.2, 0) is 26.2 Å². The van der Waals surface area contributed by atoms with Crippen molar-refractivity contribution in [2.75, 3.05) is 29.0 Å². The fourth-order valence-corrected chi connectivity index (χ4v) is 4.23. The Balaban J connectivity index is 1.71. The molecule has 3 aromatic rings. The van der Waals surface area contributed by atoms with Crippen LogP contribution >= 0.6 is 0 Å². The van der Waals surface area contributed by atoms with Gasteiger partial charge in [-0.2, -0.15) is 0 Å². The lowest BCUT2D eigenvalue weighted by Gasteiger charge is -2.22. The zero-order valence-electron chi connectivity index (χ0n) is 19.9. The summed E-state index contributed by atoms with van der Waals surface area (Å²) < 4.78 is 36.7. The molecule has 35 heavy (non-hydrogen) atoms. The normalized spacial score (nSPS) is 10.9. The third-order valence-electron chi connectivity index (χ3n) is 5.16. The summed E-state index contributed by atoms with van der Waals surface area (Å²) in [5.41, 5.74) is 2.60. The molecular formula is C26H28N2O6S. The van der Waals surface area contributed by atoms with E-state index in [4.69, 9.17) is 9.47 Å². The van der Waals surface area contributed by atoms with Crippen LogP contribution in [0.25, 0.3) is 0 Å². The molecule has 0 fully saturated rings. The van der Waals surface area contributed by atoms with E-state index in [9.17, 15) is 18.0 Å². The van der Waals surface area contributed by atoms with E-state index in [1.165, 1.54) is 0 Å². The van der Waals surface area contributed by atoms with Crippen LogP contribution in [0.3, 0.4) is 0 Å². The van der Waals surface area contributed by atoms with E-state index >= 15 is 0 Å². The van der Waals surface area contributed by atoms with Crippen LogP contribution in [0.2, 0.25) is 0 Å². The van der Waals surface area contributed by atoms with E-state index in [1.54, 1.807) is 56.3 Å². The maximum atomic E-state index is 12.8. The highest BCUT2D eigenvalue weighted by Crippen LogP contribution is 2.24. The highest BCUT2D eigenvalue weighted by molar-refractivity contribution is 7.92. The molecule has 0 heterocycles. The van der Waals surface area contributed by atoms with Gasteiger partial charge in [-0.05, 0) is 61.4 Å². The summed E-state index contributed by atoms with van der Waals surface area (Å²) >= 11 is 0. The number of ether oxygens (including phenoxy) is 2. The number of amides is 1. The summed E-state index contributed by atoms with van der Waals surface area (Å²) in [5, 5.41) is 2.69. The van der Waals surface area contributed by atoms with Gasteiger partial charge in [0.1, 0.15) is 18.9 Å². The van der Waals surface area contributed by atoms with Crippen LogP contribution in [0, 0.1) is 6.92 Å². The molecule has 0 radical (unpaired) electrons. The highest BCUT2D eigenvalue weighted by Gasteiger charge is 2.22. The number of nitrogens with zero attached hydrogens (tertiary/aromatic N) is 1. The predicted molar refractivity (Wildman–Crippen MR) is 135 cm³/mol. The van der Waals surface area contributed by atoms with Crippen LogP contribution in [0.4, 0.5) is 11.4 Å². The number of sulfonamides is 1. The van der Waals surface area contributed by atoms with E-state index in [-0.39, 0.29) is 6.61 Å². The van der Waals surface area contributed by atoms with Crippen molar-refractivity contribution in [2.45, 2.75) is 20.5 Å². The maximum absolute atomic E-state index is 12.8. The smallest absolute Gasteiger partial charge is 0.338 e. The molecule has 9 heteroatoms. The van der Waals surface area contributed by atoms with Gasteiger partial charge in [0.2, 0.25) is 15.9 Å². The van der Waals surface area contributed by atoms with Gasteiger partial charge in [0, 0.05) is 5.69 Å². The Morgan fingerprint density at radius 2 is 1.63 bits per heavy atom. The SMILES string of the molecule is CCOC(=O)c1cccc(NC(=O)CN(c2ccc(OCc3ccccc3)cc2)S(C)(=O)=O)c1C. The second-order valence-corrected chi connectivity index (χ2v) is 9.69. The second-order valence-electron chi connectivity index (χ2n) is 7.78. The minimum absolute atomic E-state index is 0.230. The Bertz CT molecular complexity index is 1270. The van der Waals surface area contributed by atoms with Crippen molar-refractivity contribution in [3.8, 4) is 5.75 Å². The molecular weight excluding hydrogens is 468 g/mol. The molecule has 0 aliphatic rings. The molecule has 0 aliphatic carbocycles. The zero-order valence-corrected chi connectivity index (χ0v) is 20.7. The van der Waals surface area contributed by atoms with Crippen LogP contribution in [0.5, 0.6) is 5.75 Å². The lowest BCUT2D eigenvalue weighted by Crippen LogP contribution is -2.37. The Labute approximate surface area is 205 Å². The Morgan fingerprint density at radius 1 is 0.943 bits per heavy atom. The van der Waals surface area contributed by atoms with Gasteiger partial charge < -0.3 is 14.8 Å². The first-order chi connectivity index (χ1) is 16.7. The monoisotopic (exact) mass is 496 g/mol.